The lowest BCUT2D eigenvalue weighted by atomic mass is 9.98. The number of carbonyl (C=O) groups excluding carboxylic acids is 1. The molecule has 0 saturated carbocycles. The molecule has 0 fully saturated rings. The number of amides is 1. The van der Waals surface area contributed by atoms with Crippen molar-refractivity contribution in [3.63, 3.8) is 0 Å². The molecule has 0 bridgehead atoms. The van der Waals surface area contributed by atoms with Crippen LogP contribution in [-0.4, -0.2) is 46.2 Å². The zero-order valence-corrected chi connectivity index (χ0v) is 12.1. The standard InChI is InChI=1S/C14H16FN3O4/c1-14(6-22-2,5-11(19)20)18-13(21)9-3-8(15)4-10-12(9)17-7-16-10/h3-4,7H,5-6H2,1-2H3,(H,16,17)(H,18,21)(H,19,20). The number of rotatable bonds is 6. The molecule has 3 N–H and O–H groups in total. The molecule has 8 heteroatoms. The van der Waals surface area contributed by atoms with E-state index in [1.165, 1.54) is 19.5 Å². The zero-order valence-electron chi connectivity index (χ0n) is 12.1. The van der Waals surface area contributed by atoms with E-state index in [1.807, 2.05) is 0 Å². The summed E-state index contributed by atoms with van der Waals surface area (Å²) in [6, 6.07) is 2.29. The molecular weight excluding hydrogens is 293 g/mol. The van der Waals surface area contributed by atoms with Crippen LogP contribution in [0.3, 0.4) is 0 Å². The van der Waals surface area contributed by atoms with Gasteiger partial charge in [-0.2, -0.15) is 0 Å². The molecule has 1 atom stereocenters. The quantitative estimate of drug-likeness (QED) is 0.746. The number of nitrogens with one attached hydrogen (secondary N) is 2. The number of aromatic amines is 1. The van der Waals surface area contributed by atoms with Crippen molar-refractivity contribution in [1.29, 1.82) is 0 Å². The summed E-state index contributed by atoms with van der Waals surface area (Å²) < 4.78 is 18.5. The minimum absolute atomic E-state index is 0.00403. The fourth-order valence-corrected chi connectivity index (χ4v) is 2.31. The SMILES string of the molecule is COCC(C)(CC(=O)O)NC(=O)c1cc(F)cc2[nH]cnc12. The van der Waals surface area contributed by atoms with Gasteiger partial charge in [0, 0.05) is 7.11 Å². The Hall–Kier alpha value is -2.48. The van der Waals surface area contributed by atoms with E-state index in [9.17, 15) is 14.0 Å². The molecule has 0 aliphatic heterocycles. The Kier molecular flexibility index (Phi) is 4.41. The lowest BCUT2D eigenvalue weighted by Gasteiger charge is -2.28. The summed E-state index contributed by atoms with van der Waals surface area (Å²) in [7, 11) is 1.40. The van der Waals surface area contributed by atoms with Crippen molar-refractivity contribution in [2.45, 2.75) is 18.9 Å². The van der Waals surface area contributed by atoms with E-state index in [1.54, 1.807) is 6.92 Å². The van der Waals surface area contributed by atoms with Crippen molar-refractivity contribution in [1.82, 2.24) is 15.3 Å². The number of methoxy groups -OCH3 is 1. The zero-order chi connectivity index (χ0) is 16.3. The van der Waals surface area contributed by atoms with Gasteiger partial charge in [-0.05, 0) is 19.1 Å². The van der Waals surface area contributed by atoms with Gasteiger partial charge in [0.2, 0.25) is 0 Å². The summed E-state index contributed by atoms with van der Waals surface area (Å²) in [5.41, 5.74) is -0.387. The molecule has 2 aromatic rings. The predicted molar refractivity (Wildman–Crippen MR) is 76.1 cm³/mol. The first-order valence-corrected chi connectivity index (χ1v) is 6.50. The Balaban J connectivity index is 2.33. The molecule has 1 unspecified atom stereocenters. The summed E-state index contributed by atoms with van der Waals surface area (Å²) in [6.07, 6.45) is 1.03. The number of carbonyl (C=O) groups is 2. The van der Waals surface area contributed by atoms with Gasteiger partial charge in [-0.25, -0.2) is 9.37 Å². The maximum Gasteiger partial charge on any atom is 0.305 e. The summed E-state index contributed by atoms with van der Waals surface area (Å²) in [6.45, 7) is 1.55. The Morgan fingerprint density at radius 2 is 2.23 bits per heavy atom. The van der Waals surface area contributed by atoms with E-state index in [0.29, 0.717) is 11.0 Å². The smallest absolute Gasteiger partial charge is 0.305 e. The summed E-state index contributed by atoms with van der Waals surface area (Å²) in [5, 5.41) is 11.5. The number of halogens is 1. The van der Waals surface area contributed by atoms with Crippen molar-refractivity contribution < 1.29 is 23.8 Å². The van der Waals surface area contributed by atoms with Crippen LogP contribution in [0.15, 0.2) is 18.5 Å². The number of aliphatic carboxylic acids is 1. The lowest BCUT2D eigenvalue weighted by molar-refractivity contribution is -0.139. The number of H-pyrrole nitrogens is 1. The summed E-state index contributed by atoms with van der Waals surface area (Å²) in [5.74, 6) is -2.28. The number of hydrogen-bond acceptors (Lipinski definition) is 4. The van der Waals surface area contributed by atoms with E-state index < -0.39 is 23.2 Å². The normalized spacial score (nSPS) is 13.8. The molecule has 0 aliphatic rings. The number of hydrogen-bond donors (Lipinski definition) is 3. The van der Waals surface area contributed by atoms with Gasteiger partial charge in [-0.15, -0.1) is 0 Å². The summed E-state index contributed by atoms with van der Waals surface area (Å²) >= 11 is 0. The number of carboxylic acid groups (broad SMARTS) is 1. The number of ether oxygens (including phenoxy) is 1. The first-order chi connectivity index (χ1) is 10.3. The van der Waals surface area contributed by atoms with Gasteiger partial charge in [0.05, 0.1) is 36.0 Å². The molecule has 0 aliphatic carbocycles. The van der Waals surface area contributed by atoms with Crippen LogP contribution >= 0.6 is 0 Å². The van der Waals surface area contributed by atoms with Crippen LogP contribution in [0.25, 0.3) is 11.0 Å². The van der Waals surface area contributed by atoms with E-state index in [0.717, 1.165) is 6.07 Å². The second-order valence-corrected chi connectivity index (χ2v) is 5.27. The fraction of sp³-hybridized carbons (Fsp3) is 0.357. The average Bonchev–Trinajstić information content (AvgIpc) is 2.84. The highest BCUT2D eigenvalue weighted by atomic mass is 19.1. The number of carboxylic acids is 1. The molecule has 1 aromatic heterocycles. The van der Waals surface area contributed by atoms with E-state index in [4.69, 9.17) is 9.84 Å². The Bertz CT molecular complexity index is 715. The highest BCUT2D eigenvalue weighted by Crippen LogP contribution is 2.19. The van der Waals surface area contributed by atoms with E-state index in [-0.39, 0.29) is 18.6 Å². The Labute approximate surface area is 125 Å². The maximum atomic E-state index is 13.6. The minimum Gasteiger partial charge on any atom is -0.481 e. The number of imidazole rings is 1. The number of benzene rings is 1. The fourth-order valence-electron chi connectivity index (χ4n) is 2.31. The second kappa shape index (κ2) is 6.10. The third-order valence-corrected chi connectivity index (χ3v) is 3.15. The van der Waals surface area contributed by atoms with Gasteiger partial charge in [0.1, 0.15) is 11.3 Å². The van der Waals surface area contributed by atoms with Gasteiger partial charge in [-0.3, -0.25) is 9.59 Å². The number of nitrogens with zero attached hydrogens (tertiary/aromatic N) is 1. The van der Waals surface area contributed by atoms with Crippen LogP contribution in [0, 0.1) is 5.82 Å². The molecule has 1 heterocycles. The van der Waals surface area contributed by atoms with Gasteiger partial charge in [0.25, 0.3) is 5.91 Å². The molecule has 0 saturated heterocycles. The van der Waals surface area contributed by atoms with Crippen LogP contribution in [0.4, 0.5) is 4.39 Å². The first-order valence-electron chi connectivity index (χ1n) is 6.50. The van der Waals surface area contributed by atoms with Gasteiger partial charge in [0.15, 0.2) is 0 Å². The van der Waals surface area contributed by atoms with Crippen LogP contribution in [0.1, 0.15) is 23.7 Å². The summed E-state index contributed by atoms with van der Waals surface area (Å²) in [4.78, 5) is 30.1. The number of fused-ring (bicyclic) bond motifs is 1. The van der Waals surface area contributed by atoms with Crippen LogP contribution < -0.4 is 5.32 Å². The van der Waals surface area contributed by atoms with Crippen molar-refractivity contribution in [2.75, 3.05) is 13.7 Å². The predicted octanol–water partition coefficient (Wildman–Crippen LogP) is 1.31. The van der Waals surface area contributed by atoms with E-state index >= 15 is 0 Å². The average molecular weight is 309 g/mol. The largest absolute Gasteiger partial charge is 0.481 e. The molecule has 22 heavy (non-hydrogen) atoms. The third-order valence-electron chi connectivity index (χ3n) is 3.15. The third kappa shape index (κ3) is 3.40. The van der Waals surface area contributed by atoms with Crippen LogP contribution in [0.5, 0.6) is 0 Å². The van der Waals surface area contributed by atoms with Crippen molar-refractivity contribution in [3.05, 3.63) is 29.8 Å². The first kappa shape index (κ1) is 15.9. The van der Waals surface area contributed by atoms with Crippen molar-refractivity contribution >= 4 is 22.9 Å². The van der Waals surface area contributed by atoms with E-state index in [2.05, 4.69) is 15.3 Å². The molecule has 7 nitrogen and oxygen atoms in total. The van der Waals surface area contributed by atoms with Crippen LogP contribution in [0.2, 0.25) is 0 Å². The highest BCUT2D eigenvalue weighted by Gasteiger charge is 2.30. The lowest BCUT2D eigenvalue weighted by Crippen LogP contribution is -2.50. The van der Waals surface area contributed by atoms with Gasteiger partial charge < -0.3 is 20.1 Å². The maximum absolute atomic E-state index is 13.6. The number of aromatic nitrogens is 2. The van der Waals surface area contributed by atoms with Gasteiger partial charge >= 0.3 is 5.97 Å². The topological polar surface area (TPSA) is 104 Å². The molecule has 2 rings (SSSR count). The van der Waals surface area contributed by atoms with Crippen molar-refractivity contribution in [2.24, 2.45) is 0 Å². The second-order valence-electron chi connectivity index (χ2n) is 5.27. The van der Waals surface area contributed by atoms with Crippen LogP contribution in [-0.2, 0) is 9.53 Å². The highest BCUT2D eigenvalue weighted by molar-refractivity contribution is 6.05. The molecular formula is C14H16FN3O4. The monoisotopic (exact) mass is 309 g/mol. The molecule has 118 valence electrons. The molecule has 1 amide bonds. The minimum atomic E-state index is -1.12. The van der Waals surface area contributed by atoms with Crippen molar-refractivity contribution in [3.8, 4) is 0 Å². The molecule has 1 aromatic carbocycles. The molecule has 0 spiro atoms. The Morgan fingerprint density at radius 3 is 2.86 bits per heavy atom. The van der Waals surface area contributed by atoms with Gasteiger partial charge in [-0.1, -0.05) is 0 Å². The molecule has 0 radical (unpaired) electrons. The Morgan fingerprint density at radius 1 is 1.50 bits per heavy atom.